The highest BCUT2D eigenvalue weighted by molar-refractivity contribution is 7.92. The van der Waals surface area contributed by atoms with Gasteiger partial charge in [-0.05, 0) is 92.6 Å². The van der Waals surface area contributed by atoms with Crippen LogP contribution in [0.4, 0.5) is 11.4 Å². The first-order chi connectivity index (χ1) is 18.6. The molecule has 1 saturated heterocycles. The van der Waals surface area contributed by atoms with Crippen LogP contribution in [0.15, 0.2) is 72.9 Å². The number of aromatic nitrogens is 2. The van der Waals surface area contributed by atoms with Gasteiger partial charge in [-0.1, -0.05) is 18.2 Å². The fourth-order valence-electron chi connectivity index (χ4n) is 5.33. The van der Waals surface area contributed by atoms with Crippen LogP contribution in [0.1, 0.15) is 40.3 Å². The first-order valence-corrected chi connectivity index (χ1v) is 14.8. The Bertz CT molecular complexity index is 1650. The van der Waals surface area contributed by atoms with E-state index in [-0.39, 0.29) is 12.1 Å². The van der Waals surface area contributed by atoms with Crippen molar-refractivity contribution >= 4 is 38.7 Å². The Hall–Kier alpha value is -3.89. The third-order valence-corrected chi connectivity index (χ3v) is 7.81. The highest BCUT2D eigenvalue weighted by Crippen LogP contribution is 2.45. The molecule has 8 nitrogen and oxygen atoms in total. The molecule has 2 atom stereocenters. The zero-order chi connectivity index (χ0) is 27.9. The zero-order valence-corrected chi connectivity index (χ0v) is 24.1. The first-order valence-electron chi connectivity index (χ1n) is 12.5. The van der Waals surface area contributed by atoms with Crippen LogP contribution in [0.2, 0.25) is 0 Å². The van der Waals surface area contributed by atoms with Crippen molar-refractivity contribution in [3.63, 3.8) is 0 Å². The van der Waals surface area contributed by atoms with Crippen molar-refractivity contribution in [3.05, 3.63) is 101 Å². The predicted molar refractivity (Wildman–Crippen MR) is 159 cm³/mol. The molecule has 2 aromatic carbocycles. The average molecular weight is 562 g/mol. The molecular formula is C29H31N5O3S2. The van der Waals surface area contributed by atoms with Gasteiger partial charge in [-0.3, -0.25) is 9.71 Å². The van der Waals surface area contributed by atoms with Gasteiger partial charge in [0.2, 0.25) is 10.0 Å². The Morgan fingerprint density at radius 2 is 1.79 bits per heavy atom. The van der Waals surface area contributed by atoms with E-state index in [2.05, 4.69) is 70.7 Å². The second-order valence-electron chi connectivity index (χ2n) is 9.76. The van der Waals surface area contributed by atoms with E-state index >= 15 is 0 Å². The second-order valence-corrected chi connectivity index (χ2v) is 11.9. The number of pyridine rings is 1. The molecule has 0 amide bonds. The minimum absolute atomic E-state index is 0.237. The van der Waals surface area contributed by atoms with Gasteiger partial charge >= 0.3 is 0 Å². The number of ether oxygens (including phenoxy) is 1. The van der Waals surface area contributed by atoms with Crippen LogP contribution < -0.4 is 19.7 Å². The van der Waals surface area contributed by atoms with E-state index in [1.807, 2.05) is 29.2 Å². The summed E-state index contributed by atoms with van der Waals surface area (Å²) in [5.41, 5.74) is 7.47. The lowest BCUT2D eigenvalue weighted by molar-refractivity contribution is 0.417. The molecule has 2 N–H and O–H groups in total. The monoisotopic (exact) mass is 561 g/mol. The maximum atomic E-state index is 12.1. The van der Waals surface area contributed by atoms with Gasteiger partial charge < -0.3 is 19.5 Å². The van der Waals surface area contributed by atoms with Crippen LogP contribution in [0, 0.1) is 20.8 Å². The van der Waals surface area contributed by atoms with Crippen LogP contribution in [0.5, 0.6) is 5.75 Å². The summed E-state index contributed by atoms with van der Waals surface area (Å²) in [4.78, 5) is 6.69. The molecule has 202 valence electrons. The molecule has 39 heavy (non-hydrogen) atoms. The molecule has 0 unspecified atom stereocenters. The van der Waals surface area contributed by atoms with Gasteiger partial charge in [0.15, 0.2) is 5.11 Å². The summed E-state index contributed by atoms with van der Waals surface area (Å²) < 4.78 is 34.5. The zero-order valence-electron chi connectivity index (χ0n) is 22.5. The van der Waals surface area contributed by atoms with E-state index in [4.69, 9.17) is 17.0 Å². The molecule has 0 saturated carbocycles. The number of benzene rings is 2. The van der Waals surface area contributed by atoms with Crippen LogP contribution in [0.3, 0.4) is 0 Å². The highest BCUT2D eigenvalue weighted by Gasteiger charge is 2.42. The third kappa shape index (κ3) is 5.22. The highest BCUT2D eigenvalue weighted by atomic mass is 32.2. The van der Waals surface area contributed by atoms with Crippen LogP contribution in [-0.4, -0.2) is 36.4 Å². The lowest BCUT2D eigenvalue weighted by Crippen LogP contribution is -2.29. The topological polar surface area (TPSA) is 88.5 Å². The molecule has 0 spiro atoms. The van der Waals surface area contributed by atoms with Crippen LogP contribution in [-0.2, 0) is 10.0 Å². The number of anilines is 2. The van der Waals surface area contributed by atoms with E-state index in [1.165, 1.54) is 12.7 Å². The smallest absolute Gasteiger partial charge is 0.229 e. The fourth-order valence-corrected chi connectivity index (χ4v) is 6.23. The van der Waals surface area contributed by atoms with Crippen molar-refractivity contribution in [1.29, 1.82) is 0 Å². The van der Waals surface area contributed by atoms with Gasteiger partial charge in [0, 0.05) is 29.0 Å². The van der Waals surface area contributed by atoms with E-state index in [0.717, 1.165) is 40.3 Å². The van der Waals surface area contributed by atoms with Crippen LogP contribution in [0.25, 0.3) is 5.69 Å². The number of sulfonamides is 1. The molecule has 3 heterocycles. The van der Waals surface area contributed by atoms with Gasteiger partial charge in [0.1, 0.15) is 5.75 Å². The fraction of sp³-hybridized carbons (Fsp3) is 0.241. The van der Waals surface area contributed by atoms with Gasteiger partial charge in [0.25, 0.3) is 0 Å². The van der Waals surface area contributed by atoms with E-state index in [9.17, 15) is 8.42 Å². The molecule has 0 radical (unpaired) electrons. The van der Waals surface area contributed by atoms with Crippen molar-refractivity contribution in [2.24, 2.45) is 0 Å². The molecule has 0 bridgehead atoms. The van der Waals surface area contributed by atoms with Crippen molar-refractivity contribution in [2.75, 3.05) is 23.0 Å². The molecule has 1 aliphatic rings. The first kappa shape index (κ1) is 26.7. The Balaban J connectivity index is 1.69. The molecular weight excluding hydrogens is 530 g/mol. The normalized spacial score (nSPS) is 17.3. The number of thiocarbonyl (C=S) groups is 1. The third-order valence-electron chi connectivity index (χ3n) is 6.90. The molecule has 5 rings (SSSR count). The molecule has 1 aliphatic heterocycles. The Morgan fingerprint density at radius 3 is 2.46 bits per heavy atom. The molecule has 2 aromatic heterocycles. The summed E-state index contributed by atoms with van der Waals surface area (Å²) in [6.45, 7) is 6.30. The van der Waals surface area contributed by atoms with Crippen molar-refractivity contribution in [2.45, 2.75) is 32.9 Å². The molecule has 10 heteroatoms. The summed E-state index contributed by atoms with van der Waals surface area (Å²) >= 11 is 5.89. The standard InChI is InChI=1S/C29H31N5O3S2/c1-18-9-8-10-21(15-18)33-19(2)16-23(20(33)3)28-27(24-11-6-7-14-30-24)31-29(38)34(28)22-12-13-26(37-4)25(17-22)32-39(5,35)36/h6-17,27-28,32H,1-5H3,(H,31,38)/t27-,28-/m0/s1. The van der Waals surface area contributed by atoms with Gasteiger partial charge in [-0.15, -0.1) is 0 Å². The summed E-state index contributed by atoms with van der Waals surface area (Å²) in [6, 6.07) is 21.3. The van der Waals surface area contributed by atoms with Crippen molar-refractivity contribution in [3.8, 4) is 11.4 Å². The summed E-state index contributed by atoms with van der Waals surface area (Å²) in [5, 5.41) is 4.00. The minimum atomic E-state index is -3.54. The number of nitrogens with one attached hydrogen (secondary N) is 2. The summed E-state index contributed by atoms with van der Waals surface area (Å²) in [7, 11) is -2.03. The largest absolute Gasteiger partial charge is 0.495 e. The van der Waals surface area contributed by atoms with Gasteiger partial charge in [-0.2, -0.15) is 0 Å². The van der Waals surface area contributed by atoms with Gasteiger partial charge in [0.05, 0.1) is 36.8 Å². The molecule has 4 aromatic rings. The van der Waals surface area contributed by atoms with E-state index in [0.29, 0.717) is 16.5 Å². The maximum Gasteiger partial charge on any atom is 0.229 e. The summed E-state index contributed by atoms with van der Waals surface area (Å²) in [6.07, 6.45) is 2.89. The minimum Gasteiger partial charge on any atom is -0.495 e. The lowest BCUT2D eigenvalue weighted by Gasteiger charge is -2.29. The average Bonchev–Trinajstić information content (AvgIpc) is 3.38. The van der Waals surface area contributed by atoms with Crippen LogP contribution >= 0.6 is 12.2 Å². The van der Waals surface area contributed by atoms with Gasteiger partial charge in [-0.25, -0.2) is 8.42 Å². The second kappa shape index (κ2) is 10.3. The quantitative estimate of drug-likeness (QED) is 0.294. The summed E-state index contributed by atoms with van der Waals surface area (Å²) in [5.74, 6) is 0.415. The lowest BCUT2D eigenvalue weighted by atomic mass is 9.96. The number of hydrogen-bond acceptors (Lipinski definition) is 5. The SMILES string of the molecule is COc1ccc(N2C(=S)N[C@@H](c3ccccn3)[C@@H]2c2cc(C)n(-c3cccc(C)c3)c2C)cc1NS(C)(=O)=O. The Labute approximate surface area is 234 Å². The molecule has 1 fully saturated rings. The Kier molecular flexibility index (Phi) is 7.09. The number of aryl methyl sites for hydroxylation is 2. The number of rotatable bonds is 7. The van der Waals surface area contributed by atoms with Crippen molar-refractivity contribution < 1.29 is 13.2 Å². The number of methoxy groups -OCH3 is 1. The number of nitrogens with zero attached hydrogens (tertiary/aromatic N) is 3. The van der Waals surface area contributed by atoms with E-state index < -0.39 is 10.0 Å². The Morgan fingerprint density at radius 1 is 1.00 bits per heavy atom. The van der Waals surface area contributed by atoms with E-state index in [1.54, 1.807) is 18.3 Å². The maximum absolute atomic E-state index is 12.1. The van der Waals surface area contributed by atoms with Crippen molar-refractivity contribution in [1.82, 2.24) is 14.9 Å². The predicted octanol–water partition coefficient (Wildman–Crippen LogP) is 5.35. The number of hydrogen-bond donors (Lipinski definition) is 2. The molecule has 0 aliphatic carbocycles.